The van der Waals surface area contributed by atoms with Crippen molar-refractivity contribution in [2.75, 3.05) is 0 Å². The number of pyridine rings is 2. The molecule has 70 valence electrons. The minimum atomic E-state index is 0.737. The van der Waals surface area contributed by atoms with E-state index >= 15 is 0 Å². The highest BCUT2D eigenvalue weighted by Gasteiger charge is 1.97. The highest BCUT2D eigenvalue weighted by molar-refractivity contribution is 7.71. The summed E-state index contributed by atoms with van der Waals surface area (Å²) in [6.45, 7) is 2.05. The maximum atomic E-state index is 4.97. The molecule has 0 radical (unpaired) electrons. The Labute approximate surface area is 87.7 Å². The summed E-state index contributed by atoms with van der Waals surface area (Å²) in [7, 11) is 0. The number of nitrogens with one attached hydrogen (secondary N) is 1. The van der Waals surface area contributed by atoms with E-state index in [9.17, 15) is 0 Å². The van der Waals surface area contributed by atoms with Crippen LogP contribution in [0.15, 0.2) is 36.7 Å². The van der Waals surface area contributed by atoms with Gasteiger partial charge in [0.05, 0.1) is 5.69 Å². The molecule has 2 aromatic heterocycles. The van der Waals surface area contributed by atoms with Crippen molar-refractivity contribution in [2.24, 2.45) is 0 Å². The lowest BCUT2D eigenvalue weighted by Crippen LogP contribution is -1.85. The molecule has 2 aromatic rings. The van der Waals surface area contributed by atoms with Crippen LogP contribution in [0, 0.1) is 11.6 Å². The smallest absolute Gasteiger partial charge is 0.103 e. The minimum Gasteiger partial charge on any atom is -0.352 e. The molecule has 0 aliphatic rings. The first-order valence-corrected chi connectivity index (χ1v) is 4.78. The first kappa shape index (κ1) is 9.09. The molecule has 14 heavy (non-hydrogen) atoms. The second-order valence-corrected chi connectivity index (χ2v) is 3.60. The van der Waals surface area contributed by atoms with Gasteiger partial charge in [0, 0.05) is 18.0 Å². The number of aryl methyl sites for hydroxylation is 1. The van der Waals surface area contributed by atoms with E-state index in [0.717, 1.165) is 15.9 Å². The van der Waals surface area contributed by atoms with Crippen LogP contribution in [0.2, 0.25) is 0 Å². The largest absolute Gasteiger partial charge is 0.352 e. The van der Waals surface area contributed by atoms with Crippen LogP contribution in [-0.4, -0.2) is 9.97 Å². The van der Waals surface area contributed by atoms with E-state index in [1.54, 1.807) is 0 Å². The van der Waals surface area contributed by atoms with E-state index in [1.807, 2.05) is 36.7 Å². The topological polar surface area (TPSA) is 28.7 Å². The molecular weight excluding hydrogens is 192 g/mol. The van der Waals surface area contributed by atoms with Gasteiger partial charge < -0.3 is 4.98 Å². The Kier molecular flexibility index (Phi) is 2.41. The fraction of sp³-hybridized carbons (Fsp3) is 0.0909. The maximum Gasteiger partial charge on any atom is 0.103 e. The Balaban J connectivity index is 2.49. The number of rotatable bonds is 1. The molecule has 0 aliphatic heterocycles. The van der Waals surface area contributed by atoms with Crippen LogP contribution in [-0.2, 0) is 0 Å². The molecule has 0 fully saturated rings. The van der Waals surface area contributed by atoms with E-state index in [0.29, 0.717) is 0 Å². The highest BCUT2D eigenvalue weighted by atomic mass is 32.1. The molecule has 2 heterocycles. The lowest BCUT2D eigenvalue weighted by molar-refractivity contribution is 1.25. The van der Waals surface area contributed by atoms with Gasteiger partial charge in [-0.25, -0.2) is 0 Å². The number of hydrogen-bond donors (Lipinski definition) is 1. The molecule has 0 spiro atoms. The average Bonchev–Trinajstić information content (AvgIpc) is 2.19. The molecule has 0 amide bonds. The van der Waals surface area contributed by atoms with Gasteiger partial charge >= 0.3 is 0 Å². The van der Waals surface area contributed by atoms with Crippen molar-refractivity contribution in [2.45, 2.75) is 6.92 Å². The number of H-pyrrole nitrogens is 1. The van der Waals surface area contributed by atoms with Crippen LogP contribution in [0.4, 0.5) is 0 Å². The summed E-state index contributed by atoms with van der Waals surface area (Å²) < 4.78 is 0.737. The van der Waals surface area contributed by atoms with Gasteiger partial charge in [-0.05, 0) is 36.8 Å². The Bertz CT molecular complexity index is 482. The monoisotopic (exact) mass is 202 g/mol. The summed E-state index contributed by atoms with van der Waals surface area (Å²) in [5, 5.41) is 0. The summed E-state index contributed by atoms with van der Waals surface area (Å²) in [6.07, 6.45) is 3.69. The molecule has 0 aromatic carbocycles. The SMILES string of the molecule is Cc1ccnc(-c2ccc(=S)[nH]c2)c1. The van der Waals surface area contributed by atoms with Crippen molar-refractivity contribution in [3.8, 4) is 11.3 Å². The third kappa shape index (κ3) is 1.88. The van der Waals surface area contributed by atoms with Crippen molar-refractivity contribution < 1.29 is 0 Å². The van der Waals surface area contributed by atoms with Crippen LogP contribution >= 0.6 is 12.2 Å². The highest BCUT2D eigenvalue weighted by Crippen LogP contribution is 2.15. The second-order valence-electron chi connectivity index (χ2n) is 3.16. The van der Waals surface area contributed by atoms with E-state index in [-0.39, 0.29) is 0 Å². The Hall–Kier alpha value is -1.48. The van der Waals surface area contributed by atoms with Gasteiger partial charge in [0.1, 0.15) is 4.64 Å². The third-order valence-corrected chi connectivity index (χ3v) is 2.25. The fourth-order valence-corrected chi connectivity index (χ4v) is 1.39. The van der Waals surface area contributed by atoms with Crippen molar-refractivity contribution in [1.29, 1.82) is 0 Å². The molecule has 0 unspecified atom stereocenters. The lowest BCUT2D eigenvalue weighted by atomic mass is 10.1. The van der Waals surface area contributed by atoms with E-state index in [4.69, 9.17) is 12.2 Å². The van der Waals surface area contributed by atoms with Gasteiger partial charge in [0.25, 0.3) is 0 Å². The van der Waals surface area contributed by atoms with Crippen LogP contribution in [0.5, 0.6) is 0 Å². The van der Waals surface area contributed by atoms with Crippen LogP contribution in [0.1, 0.15) is 5.56 Å². The standard InChI is InChI=1S/C11H10N2S/c1-8-4-5-12-10(6-8)9-2-3-11(14)13-7-9/h2-7H,1H3,(H,13,14). The van der Waals surface area contributed by atoms with E-state index < -0.39 is 0 Å². The summed E-state index contributed by atoms with van der Waals surface area (Å²) >= 11 is 4.97. The number of aromatic amines is 1. The van der Waals surface area contributed by atoms with Crippen LogP contribution < -0.4 is 0 Å². The number of aromatic nitrogens is 2. The van der Waals surface area contributed by atoms with Crippen molar-refractivity contribution >= 4 is 12.2 Å². The van der Waals surface area contributed by atoms with Crippen molar-refractivity contribution in [3.05, 3.63) is 46.9 Å². The van der Waals surface area contributed by atoms with Crippen LogP contribution in [0.25, 0.3) is 11.3 Å². The zero-order chi connectivity index (χ0) is 9.97. The van der Waals surface area contributed by atoms with Gasteiger partial charge in [-0.3, -0.25) is 4.98 Å². The molecule has 1 N–H and O–H groups in total. The lowest BCUT2D eigenvalue weighted by Gasteiger charge is -2.00. The molecule has 3 heteroatoms. The second kappa shape index (κ2) is 3.72. The van der Waals surface area contributed by atoms with Gasteiger partial charge in [0.15, 0.2) is 0 Å². The zero-order valence-electron chi connectivity index (χ0n) is 7.82. The predicted molar refractivity (Wildman–Crippen MR) is 59.6 cm³/mol. The molecule has 0 aliphatic carbocycles. The average molecular weight is 202 g/mol. The minimum absolute atomic E-state index is 0.737. The fourth-order valence-electron chi connectivity index (χ4n) is 1.26. The molecule has 0 saturated heterocycles. The van der Waals surface area contributed by atoms with Crippen molar-refractivity contribution in [1.82, 2.24) is 9.97 Å². The quantitative estimate of drug-likeness (QED) is 0.720. The number of nitrogens with zero attached hydrogens (tertiary/aromatic N) is 1. The summed E-state index contributed by atoms with van der Waals surface area (Å²) in [5.74, 6) is 0. The van der Waals surface area contributed by atoms with Gasteiger partial charge in [-0.2, -0.15) is 0 Å². The zero-order valence-corrected chi connectivity index (χ0v) is 8.64. The number of hydrogen-bond acceptors (Lipinski definition) is 2. The third-order valence-electron chi connectivity index (χ3n) is 2.00. The normalized spacial score (nSPS) is 10.1. The van der Waals surface area contributed by atoms with Gasteiger partial charge in [0.2, 0.25) is 0 Å². The molecule has 0 bridgehead atoms. The Morgan fingerprint density at radius 2 is 2.14 bits per heavy atom. The predicted octanol–water partition coefficient (Wildman–Crippen LogP) is 3.11. The van der Waals surface area contributed by atoms with E-state index in [2.05, 4.69) is 16.9 Å². The first-order valence-electron chi connectivity index (χ1n) is 4.37. The maximum absolute atomic E-state index is 4.97. The molecular formula is C11H10N2S. The summed E-state index contributed by atoms with van der Waals surface area (Å²) in [4.78, 5) is 7.28. The van der Waals surface area contributed by atoms with Gasteiger partial charge in [-0.15, -0.1) is 0 Å². The molecule has 2 rings (SSSR count). The summed E-state index contributed by atoms with van der Waals surface area (Å²) in [6, 6.07) is 7.87. The summed E-state index contributed by atoms with van der Waals surface area (Å²) in [5.41, 5.74) is 3.23. The van der Waals surface area contributed by atoms with Crippen LogP contribution in [0.3, 0.4) is 0 Å². The first-order chi connectivity index (χ1) is 6.75. The molecule has 2 nitrogen and oxygen atoms in total. The molecule has 0 atom stereocenters. The van der Waals surface area contributed by atoms with Crippen molar-refractivity contribution in [3.63, 3.8) is 0 Å². The molecule has 0 saturated carbocycles. The van der Waals surface area contributed by atoms with E-state index in [1.165, 1.54) is 5.56 Å². The van der Waals surface area contributed by atoms with Gasteiger partial charge in [-0.1, -0.05) is 12.2 Å². The Morgan fingerprint density at radius 3 is 2.79 bits per heavy atom. The Morgan fingerprint density at radius 1 is 1.29 bits per heavy atom.